The normalized spacial score (nSPS) is 19.4. The fourth-order valence-electron chi connectivity index (χ4n) is 3.32. The Bertz CT molecular complexity index is 1140. The molecule has 0 amide bonds. The van der Waals surface area contributed by atoms with Crippen LogP contribution in [0.3, 0.4) is 0 Å². The number of aliphatic imine (C=N–C) groups is 1. The molecule has 0 radical (unpaired) electrons. The van der Waals surface area contributed by atoms with E-state index in [1.54, 1.807) is 36.4 Å². The van der Waals surface area contributed by atoms with Crippen LogP contribution in [0.15, 0.2) is 82.0 Å². The van der Waals surface area contributed by atoms with Crippen molar-refractivity contribution in [2.45, 2.75) is 38.5 Å². The fraction of sp³-hybridized carbons (Fsp3) is 0.320. The number of nitrogens with one attached hydrogen (secondary N) is 3. The third-order valence-electron chi connectivity index (χ3n) is 5.25. The second-order valence-corrected chi connectivity index (χ2v) is 10.0. The third-order valence-corrected chi connectivity index (χ3v) is 6.72. The molecule has 176 valence electrons. The summed E-state index contributed by atoms with van der Waals surface area (Å²) < 4.78 is 40.8. The minimum Gasteiger partial charge on any atom is -0.369 e. The number of hydrogen-bond acceptors (Lipinski definition) is 5. The zero-order chi connectivity index (χ0) is 23.8. The average molecular weight is 471 g/mol. The van der Waals surface area contributed by atoms with Crippen molar-refractivity contribution in [2.75, 3.05) is 18.4 Å². The molecule has 0 saturated carbocycles. The van der Waals surface area contributed by atoms with Gasteiger partial charge in [0.1, 0.15) is 17.5 Å². The van der Waals surface area contributed by atoms with E-state index in [9.17, 15) is 12.8 Å². The van der Waals surface area contributed by atoms with E-state index in [-0.39, 0.29) is 17.3 Å². The first-order chi connectivity index (χ1) is 15.7. The van der Waals surface area contributed by atoms with Gasteiger partial charge in [0.25, 0.3) is 0 Å². The smallest absolute Gasteiger partial charge is 0.240 e. The predicted octanol–water partition coefficient (Wildman–Crippen LogP) is 4.73. The number of hydrogen-bond donors (Lipinski definition) is 3. The van der Waals surface area contributed by atoms with Crippen LogP contribution in [-0.2, 0) is 10.0 Å². The summed E-state index contributed by atoms with van der Waals surface area (Å²) in [4.78, 5) is 4.94. The first kappa shape index (κ1) is 24.7. The number of nitrogens with zero attached hydrogens (tertiary/aromatic N) is 1. The van der Waals surface area contributed by atoms with Crippen LogP contribution in [0.1, 0.15) is 32.3 Å². The number of sulfonamides is 1. The van der Waals surface area contributed by atoms with Gasteiger partial charge in [-0.1, -0.05) is 37.1 Å². The molecule has 0 unspecified atom stereocenters. The Morgan fingerprint density at radius 3 is 2.39 bits per heavy atom. The molecule has 1 aliphatic heterocycles. The third kappa shape index (κ3) is 7.54. The van der Waals surface area contributed by atoms with E-state index >= 15 is 0 Å². The first-order valence-corrected chi connectivity index (χ1v) is 12.5. The Morgan fingerprint density at radius 2 is 1.73 bits per heavy atom. The standard InChI is InChI=1S/C25H31FN4O2S/c1-18(2)20-5-4-6-24(30-25(17-20)29-22-11-9-21(26)10-12-22)27-15-16-28-33(31,32)23-13-7-19(3)8-14-23/h6-14,17-18,27-28H,4-5,15-16H2,1-3H3,(H,29,30)/b20-17-,24-6-. The zero-order valence-corrected chi connectivity index (χ0v) is 20.0. The van der Waals surface area contributed by atoms with Gasteiger partial charge in [-0.15, -0.1) is 0 Å². The first-order valence-electron chi connectivity index (χ1n) is 11.0. The molecule has 1 heterocycles. The SMILES string of the molecule is Cc1ccc(S(=O)(=O)NCCNC2=C/CC/C(C(C)C)=C/C(Nc3ccc(F)cc3)=N\2)cc1. The molecule has 0 fully saturated rings. The fourth-order valence-corrected chi connectivity index (χ4v) is 4.35. The van der Waals surface area contributed by atoms with Gasteiger partial charge in [-0.3, -0.25) is 0 Å². The predicted molar refractivity (Wildman–Crippen MR) is 132 cm³/mol. The molecule has 0 saturated heterocycles. The summed E-state index contributed by atoms with van der Waals surface area (Å²) in [6.45, 7) is 6.80. The molecule has 0 aliphatic carbocycles. The van der Waals surface area contributed by atoms with Crippen LogP contribution >= 0.6 is 0 Å². The maximum absolute atomic E-state index is 13.3. The Kier molecular flexibility index (Phi) is 8.41. The molecule has 8 heteroatoms. The molecular weight excluding hydrogens is 439 g/mol. The molecule has 3 N–H and O–H groups in total. The summed E-state index contributed by atoms with van der Waals surface area (Å²) in [6.07, 6.45) is 5.76. The van der Waals surface area contributed by atoms with Crippen LogP contribution < -0.4 is 15.4 Å². The summed E-state index contributed by atoms with van der Waals surface area (Å²) in [5.41, 5.74) is 3.01. The van der Waals surface area contributed by atoms with E-state index in [2.05, 4.69) is 29.2 Å². The van der Waals surface area contributed by atoms with E-state index in [1.807, 2.05) is 19.1 Å². The summed E-state index contributed by atoms with van der Waals surface area (Å²) in [7, 11) is -3.56. The highest BCUT2D eigenvalue weighted by atomic mass is 32.2. The van der Waals surface area contributed by atoms with Gasteiger partial charge in [0, 0.05) is 18.8 Å². The summed E-state index contributed by atoms with van der Waals surface area (Å²) >= 11 is 0. The number of allylic oxidation sites excluding steroid dienone is 2. The lowest BCUT2D eigenvalue weighted by molar-refractivity contribution is 0.579. The minimum atomic E-state index is -3.56. The molecule has 2 aromatic rings. The number of anilines is 1. The Hall–Kier alpha value is -2.97. The Morgan fingerprint density at radius 1 is 1.03 bits per heavy atom. The summed E-state index contributed by atoms with van der Waals surface area (Å²) in [5.74, 6) is 1.38. The molecule has 2 aromatic carbocycles. The molecule has 0 spiro atoms. The van der Waals surface area contributed by atoms with E-state index in [1.165, 1.54) is 17.7 Å². The van der Waals surface area contributed by atoms with Crippen LogP contribution in [0.2, 0.25) is 0 Å². The van der Waals surface area contributed by atoms with Crippen molar-refractivity contribution in [2.24, 2.45) is 10.9 Å². The van der Waals surface area contributed by atoms with Crippen molar-refractivity contribution >= 4 is 21.5 Å². The van der Waals surface area contributed by atoms with Gasteiger partial charge in [-0.25, -0.2) is 22.5 Å². The van der Waals surface area contributed by atoms with Crippen molar-refractivity contribution in [3.63, 3.8) is 0 Å². The number of amidine groups is 1. The van der Waals surface area contributed by atoms with Crippen LogP contribution in [0.5, 0.6) is 0 Å². The average Bonchev–Trinajstić information content (AvgIpc) is 2.75. The van der Waals surface area contributed by atoms with Crippen molar-refractivity contribution in [1.82, 2.24) is 10.0 Å². The monoisotopic (exact) mass is 470 g/mol. The lowest BCUT2D eigenvalue weighted by atomic mass is 9.97. The van der Waals surface area contributed by atoms with E-state index in [4.69, 9.17) is 4.99 Å². The summed E-state index contributed by atoms with van der Waals surface area (Å²) in [5, 5.41) is 6.45. The number of benzene rings is 2. The van der Waals surface area contributed by atoms with Crippen LogP contribution in [0.4, 0.5) is 10.1 Å². The van der Waals surface area contributed by atoms with Crippen molar-refractivity contribution in [3.8, 4) is 0 Å². The Balaban J connectivity index is 1.66. The molecule has 1 aliphatic rings. The quantitative estimate of drug-likeness (QED) is 0.487. The van der Waals surface area contributed by atoms with Crippen molar-refractivity contribution in [3.05, 3.63) is 83.5 Å². The van der Waals surface area contributed by atoms with E-state index in [0.717, 1.165) is 24.1 Å². The second-order valence-electron chi connectivity index (χ2n) is 8.27. The number of aryl methyl sites for hydroxylation is 1. The van der Waals surface area contributed by atoms with Gasteiger partial charge in [-0.2, -0.15) is 0 Å². The summed E-state index contributed by atoms with van der Waals surface area (Å²) in [6, 6.07) is 12.9. The van der Waals surface area contributed by atoms with Crippen molar-refractivity contribution in [1.29, 1.82) is 0 Å². The largest absolute Gasteiger partial charge is 0.369 e. The van der Waals surface area contributed by atoms with Gasteiger partial charge in [0.15, 0.2) is 0 Å². The zero-order valence-electron chi connectivity index (χ0n) is 19.2. The highest BCUT2D eigenvalue weighted by Crippen LogP contribution is 2.20. The molecule has 3 rings (SSSR count). The van der Waals surface area contributed by atoms with Crippen molar-refractivity contribution < 1.29 is 12.8 Å². The van der Waals surface area contributed by atoms with Crippen LogP contribution in [0, 0.1) is 18.7 Å². The number of halogens is 1. The van der Waals surface area contributed by atoms with Gasteiger partial charge in [-0.05, 0) is 74.2 Å². The lowest BCUT2D eigenvalue weighted by Crippen LogP contribution is -2.31. The van der Waals surface area contributed by atoms with E-state index in [0.29, 0.717) is 24.1 Å². The Labute approximate surface area is 195 Å². The maximum atomic E-state index is 13.3. The van der Waals surface area contributed by atoms with E-state index < -0.39 is 10.0 Å². The van der Waals surface area contributed by atoms with Crippen LogP contribution in [0.25, 0.3) is 0 Å². The molecule has 6 nitrogen and oxygen atoms in total. The maximum Gasteiger partial charge on any atom is 0.240 e. The highest BCUT2D eigenvalue weighted by Gasteiger charge is 2.13. The lowest BCUT2D eigenvalue weighted by Gasteiger charge is -2.17. The molecular formula is C25H31FN4O2S. The molecule has 0 atom stereocenters. The molecule has 0 aromatic heterocycles. The second kappa shape index (κ2) is 11.2. The van der Waals surface area contributed by atoms with Gasteiger partial charge in [0.2, 0.25) is 10.0 Å². The minimum absolute atomic E-state index is 0.219. The topological polar surface area (TPSA) is 82.6 Å². The van der Waals surface area contributed by atoms with Crippen LogP contribution in [-0.4, -0.2) is 27.3 Å². The van der Waals surface area contributed by atoms with Gasteiger partial charge >= 0.3 is 0 Å². The number of rotatable bonds is 8. The highest BCUT2D eigenvalue weighted by molar-refractivity contribution is 7.89. The molecule has 33 heavy (non-hydrogen) atoms. The van der Waals surface area contributed by atoms with Gasteiger partial charge < -0.3 is 10.6 Å². The molecule has 0 bridgehead atoms. The van der Waals surface area contributed by atoms with Gasteiger partial charge in [0.05, 0.1) is 4.90 Å².